The third-order valence-corrected chi connectivity index (χ3v) is 3.71. The van der Waals surface area contributed by atoms with Gasteiger partial charge in [-0.3, -0.25) is 9.59 Å². The molecule has 122 valence electrons. The molecule has 0 aromatic heterocycles. The number of aliphatic hydroxyl groups is 1. The Morgan fingerprint density at radius 3 is 2.50 bits per heavy atom. The van der Waals surface area contributed by atoms with Gasteiger partial charge in [0.25, 0.3) is 11.8 Å². The highest BCUT2D eigenvalue weighted by Gasteiger charge is 2.19. The second-order valence-corrected chi connectivity index (χ2v) is 6.22. The molecule has 0 spiro atoms. The Morgan fingerprint density at radius 1 is 1.27 bits per heavy atom. The molecular weight excluding hydrogens is 280 g/mol. The molecule has 0 saturated heterocycles. The Kier molecular flexibility index (Phi) is 6.56. The normalized spacial score (nSPS) is 11.1. The van der Waals surface area contributed by atoms with Gasteiger partial charge in [0.15, 0.2) is 0 Å². The maximum atomic E-state index is 12.2. The van der Waals surface area contributed by atoms with Crippen LogP contribution in [0.3, 0.4) is 0 Å². The minimum absolute atomic E-state index is 0.0935. The monoisotopic (exact) mass is 306 g/mol. The van der Waals surface area contributed by atoms with Crippen molar-refractivity contribution in [2.45, 2.75) is 27.2 Å². The summed E-state index contributed by atoms with van der Waals surface area (Å²) < 4.78 is 0. The van der Waals surface area contributed by atoms with Crippen molar-refractivity contribution in [3.8, 4) is 0 Å². The first-order chi connectivity index (χ1) is 10.3. The molecule has 0 bridgehead atoms. The van der Waals surface area contributed by atoms with E-state index in [2.05, 4.69) is 5.32 Å². The van der Waals surface area contributed by atoms with Gasteiger partial charge in [0, 0.05) is 37.9 Å². The van der Waals surface area contributed by atoms with Gasteiger partial charge in [-0.1, -0.05) is 19.9 Å². The Labute approximate surface area is 132 Å². The number of carbonyl (C=O) groups excluding carboxylic acids is 2. The first-order valence-electron chi connectivity index (χ1n) is 7.55. The van der Waals surface area contributed by atoms with Crippen molar-refractivity contribution in [2.75, 3.05) is 26.7 Å². The van der Waals surface area contributed by atoms with Crippen LogP contribution in [0.2, 0.25) is 0 Å². The van der Waals surface area contributed by atoms with Crippen LogP contribution in [-0.2, 0) is 0 Å². The molecule has 1 aromatic carbocycles. The standard InChI is InChI=1S/C17H26N2O3/c1-5-19(4)16(22)14-8-6-7-13(11-14)15(21)18-12-17(2,3)9-10-20/h6-8,11,20H,5,9-10,12H2,1-4H3,(H,18,21). The molecule has 0 aliphatic heterocycles. The van der Waals surface area contributed by atoms with Crippen LogP contribution in [0.15, 0.2) is 24.3 Å². The van der Waals surface area contributed by atoms with Gasteiger partial charge in [-0.05, 0) is 37.0 Å². The number of hydrogen-bond donors (Lipinski definition) is 2. The fourth-order valence-corrected chi connectivity index (χ4v) is 1.97. The lowest BCUT2D eigenvalue weighted by atomic mass is 9.89. The quantitative estimate of drug-likeness (QED) is 0.808. The number of carbonyl (C=O) groups is 2. The van der Waals surface area contributed by atoms with E-state index in [9.17, 15) is 9.59 Å². The fourth-order valence-electron chi connectivity index (χ4n) is 1.97. The third kappa shape index (κ3) is 5.15. The number of rotatable bonds is 7. The second-order valence-electron chi connectivity index (χ2n) is 6.22. The van der Waals surface area contributed by atoms with E-state index >= 15 is 0 Å². The summed E-state index contributed by atoms with van der Waals surface area (Å²) in [6.07, 6.45) is 0.618. The predicted molar refractivity (Wildman–Crippen MR) is 86.9 cm³/mol. The first-order valence-corrected chi connectivity index (χ1v) is 7.55. The molecule has 5 heteroatoms. The summed E-state index contributed by atoms with van der Waals surface area (Å²) in [7, 11) is 1.73. The summed E-state index contributed by atoms with van der Waals surface area (Å²) in [5.41, 5.74) is 0.807. The molecule has 0 atom stereocenters. The molecule has 0 aliphatic carbocycles. The SMILES string of the molecule is CCN(C)C(=O)c1cccc(C(=O)NCC(C)(C)CCO)c1. The molecule has 1 rings (SSSR count). The van der Waals surface area contributed by atoms with E-state index < -0.39 is 0 Å². The Bertz CT molecular complexity index is 526. The maximum Gasteiger partial charge on any atom is 0.253 e. The molecule has 2 amide bonds. The van der Waals surface area contributed by atoms with Gasteiger partial charge in [-0.25, -0.2) is 0 Å². The van der Waals surface area contributed by atoms with Crippen LogP contribution in [-0.4, -0.2) is 48.6 Å². The van der Waals surface area contributed by atoms with Crippen molar-refractivity contribution >= 4 is 11.8 Å². The molecule has 0 unspecified atom stereocenters. The topological polar surface area (TPSA) is 69.6 Å². The summed E-state index contributed by atoms with van der Waals surface area (Å²) in [5.74, 6) is -0.308. The van der Waals surface area contributed by atoms with E-state index in [-0.39, 0.29) is 23.8 Å². The Balaban J connectivity index is 2.77. The van der Waals surface area contributed by atoms with Gasteiger partial charge in [0.1, 0.15) is 0 Å². The van der Waals surface area contributed by atoms with Gasteiger partial charge in [0.2, 0.25) is 0 Å². The average molecular weight is 306 g/mol. The first kappa shape index (κ1) is 18.2. The predicted octanol–water partition coefficient (Wildman–Crippen LogP) is 1.92. The summed E-state index contributed by atoms with van der Waals surface area (Å²) in [6.45, 7) is 7.05. The number of nitrogens with one attached hydrogen (secondary N) is 1. The number of nitrogens with zero attached hydrogens (tertiary/aromatic N) is 1. The van der Waals surface area contributed by atoms with Crippen LogP contribution in [0.25, 0.3) is 0 Å². The highest BCUT2D eigenvalue weighted by atomic mass is 16.3. The number of hydrogen-bond acceptors (Lipinski definition) is 3. The van der Waals surface area contributed by atoms with Crippen LogP contribution in [0.4, 0.5) is 0 Å². The van der Waals surface area contributed by atoms with Gasteiger partial charge in [0.05, 0.1) is 0 Å². The minimum Gasteiger partial charge on any atom is -0.396 e. The van der Waals surface area contributed by atoms with Gasteiger partial charge >= 0.3 is 0 Å². The summed E-state index contributed by atoms with van der Waals surface area (Å²) in [4.78, 5) is 25.9. The van der Waals surface area contributed by atoms with E-state index in [1.165, 1.54) is 0 Å². The van der Waals surface area contributed by atoms with Crippen LogP contribution in [0.5, 0.6) is 0 Å². The van der Waals surface area contributed by atoms with Crippen LogP contribution < -0.4 is 5.32 Å². The van der Waals surface area contributed by atoms with Crippen molar-refractivity contribution in [2.24, 2.45) is 5.41 Å². The molecule has 0 fully saturated rings. The largest absolute Gasteiger partial charge is 0.396 e. The highest BCUT2D eigenvalue weighted by molar-refractivity contribution is 5.99. The van der Waals surface area contributed by atoms with Crippen molar-refractivity contribution in [1.29, 1.82) is 0 Å². The average Bonchev–Trinajstić information content (AvgIpc) is 2.51. The van der Waals surface area contributed by atoms with E-state index in [1.807, 2.05) is 20.8 Å². The second kappa shape index (κ2) is 7.94. The van der Waals surface area contributed by atoms with Crippen molar-refractivity contribution < 1.29 is 14.7 Å². The highest BCUT2D eigenvalue weighted by Crippen LogP contribution is 2.18. The molecule has 0 saturated carbocycles. The Morgan fingerprint density at radius 2 is 1.91 bits per heavy atom. The number of amides is 2. The fraction of sp³-hybridized carbons (Fsp3) is 0.529. The summed E-state index contributed by atoms with van der Waals surface area (Å²) >= 11 is 0. The zero-order valence-electron chi connectivity index (χ0n) is 13.8. The molecular formula is C17H26N2O3. The van der Waals surface area contributed by atoms with Gasteiger partial charge < -0.3 is 15.3 Å². The molecule has 2 N–H and O–H groups in total. The van der Waals surface area contributed by atoms with E-state index in [0.717, 1.165) is 0 Å². The molecule has 0 aliphatic rings. The van der Waals surface area contributed by atoms with Crippen molar-refractivity contribution in [3.63, 3.8) is 0 Å². The number of aliphatic hydroxyl groups excluding tert-OH is 1. The molecule has 0 heterocycles. The van der Waals surface area contributed by atoms with Crippen LogP contribution in [0.1, 0.15) is 47.9 Å². The van der Waals surface area contributed by atoms with E-state index in [1.54, 1.807) is 36.2 Å². The lowest BCUT2D eigenvalue weighted by Gasteiger charge is -2.23. The zero-order valence-corrected chi connectivity index (χ0v) is 13.8. The van der Waals surface area contributed by atoms with Gasteiger partial charge in [-0.2, -0.15) is 0 Å². The maximum absolute atomic E-state index is 12.2. The lowest BCUT2D eigenvalue weighted by Crippen LogP contribution is -2.34. The minimum atomic E-state index is -0.209. The smallest absolute Gasteiger partial charge is 0.253 e. The number of benzene rings is 1. The van der Waals surface area contributed by atoms with E-state index in [0.29, 0.717) is 30.6 Å². The molecule has 1 aromatic rings. The van der Waals surface area contributed by atoms with E-state index in [4.69, 9.17) is 5.11 Å². The van der Waals surface area contributed by atoms with Crippen molar-refractivity contribution in [3.05, 3.63) is 35.4 Å². The third-order valence-electron chi connectivity index (χ3n) is 3.71. The summed E-state index contributed by atoms with van der Waals surface area (Å²) in [5, 5.41) is 11.9. The molecule has 22 heavy (non-hydrogen) atoms. The zero-order chi connectivity index (χ0) is 16.8. The van der Waals surface area contributed by atoms with Gasteiger partial charge in [-0.15, -0.1) is 0 Å². The summed E-state index contributed by atoms with van der Waals surface area (Å²) in [6, 6.07) is 6.73. The lowest BCUT2D eigenvalue weighted by molar-refractivity contribution is 0.0802. The Hall–Kier alpha value is -1.88. The molecule has 5 nitrogen and oxygen atoms in total. The molecule has 0 radical (unpaired) electrons. The van der Waals surface area contributed by atoms with Crippen LogP contribution >= 0.6 is 0 Å². The van der Waals surface area contributed by atoms with Crippen molar-refractivity contribution in [1.82, 2.24) is 10.2 Å². The van der Waals surface area contributed by atoms with Crippen LogP contribution in [0, 0.1) is 5.41 Å².